The normalized spacial score (nSPS) is 24.6. The summed E-state index contributed by atoms with van der Waals surface area (Å²) in [5.41, 5.74) is 1.66. The molecule has 3 aromatic carbocycles. The second kappa shape index (κ2) is 9.80. The zero-order valence-corrected chi connectivity index (χ0v) is 22.3. The minimum absolute atomic E-state index is 0.0625. The van der Waals surface area contributed by atoms with Crippen LogP contribution in [0.4, 0.5) is 17.1 Å². The molecule has 7 nitrogen and oxygen atoms in total. The van der Waals surface area contributed by atoms with Crippen LogP contribution in [0.1, 0.15) is 50.4 Å². The van der Waals surface area contributed by atoms with Crippen molar-refractivity contribution in [1.29, 1.82) is 0 Å². The van der Waals surface area contributed by atoms with Gasteiger partial charge in [-0.3, -0.25) is 4.79 Å². The van der Waals surface area contributed by atoms with Crippen LogP contribution in [0, 0.1) is 16.2 Å². The van der Waals surface area contributed by atoms with E-state index >= 15 is 0 Å². The van der Waals surface area contributed by atoms with E-state index in [0.717, 1.165) is 24.2 Å². The van der Waals surface area contributed by atoms with Crippen LogP contribution >= 0.6 is 11.6 Å². The zero-order valence-electron chi connectivity index (χ0n) is 21.6. The SMILES string of the molecule is CC12CCC(C(=O)Nc3ccc(N=Nc4ccccc4)cc3)(C/C1=N\OC(=O)c1ccccc1Cl)C2(C)C. The van der Waals surface area contributed by atoms with E-state index in [9.17, 15) is 9.59 Å². The van der Waals surface area contributed by atoms with Crippen LogP contribution in [0.15, 0.2) is 94.2 Å². The highest BCUT2D eigenvalue weighted by Gasteiger charge is 2.71. The monoisotopic (exact) mass is 528 g/mol. The Hall–Kier alpha value is -3.84. The first-order chi connectivity index (χ1) is 18.2. The fraction of sp³-hybridized carbons (Fsp3) is 0.300. The summed E-state index contributed by atoms with van der Waals surface area (Å²) in [4.78, 5) is 31.7. The first-order valence-electron chi connectivity index (χ1n) is 12.6. The maximum Gasteiger partial charge on any atom is 0.367 e. The summed E-state index contributed by atoms with van der Waals surface area (Å²) < 4.78 is 0. The molecule has 2 unspecified atom stereocenters. The summed E-state index contributed by atoms with van der Waals surface area (Å²) in [5, 5.41) is 16.2. The van der Waals surface area contributed by atoms with Crippen molar-refractivity contribution >= 4 is 46.3 Å². The summed E-state index contributed by atoms with van der Waals surface area (Å²) >= 11 is 6.13. The van der Waals surface area contributed by atoms with Gasteiger partial charge in [-0.1, -0.05) is 67.9 Å². The summed E-state index contributed by atoms with van der Waals surface area (Å²) in [6, 6.07) is 23.5. The molecule has 0 radical (unpaired) electrons. The molecule has 5 rings (SSSR count). The van der Waals surface area contributed by atoms with Gasteiger partial charge in [-0.15, -0.1) is 0 Å². The van der Waals surface area contributed by atoms with E-state index in [2.05, 4.69) is 41.5 Å². The largest absolute Gasteiger partial charge is 0.367 e. The molecule has 2 atom stereocenters. The number of hydrogen-bond acceptors (Lipinski definition) is 6. The standard InChI is InChI=1S/C30H29ClN4O3/c1-28(2)29(3)17-18-30(28,19-25(29)35-38-26(36)23-11-7-8-12-24(23)31)27(37)32-20-13-15-22(16-14-20)34-33-21-9-5-4-6-10-21/h4-16H,17-19H2,1-3H3,(H,32,37)/b34-33?,35-25+. The highest BCUT2D eigenvalue weighted by molar-refractivity contribution is 6.33. The Morgan fingerprint density at radius 3 is 2.16 bits per heavy atom. The molecule has 0 aromatic heterocycles. The Labute approximate surface area is 226 Å². The van der Waals surface area contributed by atoms with E-state index in [4.69, 9.17) is 16.4 Å². The molecule has 0 heterocycles. The number of carbonyl (C=O) groups is 2. The van der Waals surface area contributed by atoms with Crippen molar-refractivity contribution < 1.29 is 14.4 Å². The summed E-state index contributed by atoms with van der Waals surface area (Å²) in [6.45, 7) is 6.31. The van der Waals surface area contributed by atoms with Gasteiger partial charge in [-0.2, -0.15) is 10.2 Å². The Kier molecular flexibility index (Phi) is 6.65. The van der Waals surface area contributed by atoms with Gasteiger partial charge < -0.3 is 10.2 Å². The topological polar surface area (TPSA) is 92.5 Å². The molecule has 1 N–H and O–H groups in total. The highest BCUT2D eigenvalue weighted by atomic mass is 35.5. The number of azo groups is 1. The third-order valence-electron chi connectivity index (χ3n) is 8.66. The molecule has 38 heavy (non-hydrogen) atoms. The predicted octanol–water partition coefficient (Wildman–Crippen LogP) is 8.12. The molecular formula is C30H29ClN4O3. The number of hydrogen-bond donors (Lipinski definition) is 1. The van der Waals surface area contributed by atoms with E-state index < -0.39 is 16.8 Å². The zero-order chi connectivity index (χ0) is 27.0. The number of carbonyl (C=O) groups excluding carboxylic acids is 2. The molecule has 2 saturated carbocycles. The summed E-state index contributed by atoms with van der Waals surface area (Å²) in [7, 11) is 0. The average molecular weight is 529 g/mol. The molecule has 2 bridgehead atoms. The highest BCUT2D eigenvalue weighted by Crippen LogP contribution is 2.71. The van der Waals surface area contributed by atoms with E-state index in [1.54, 1.807) is 24.3 Å². The van der Waals surface area contributed by atoms with Gasteiger partial charge in [0.1, 0.15) is 0 Å². The number of benzene rings is 3. The third-order valence-corrected chi connectivity index (χ3v) is 8.99. The molecule has 0 saturated heterocycles. The molecule has 8 heteroatoms. The number of anilines is 1. The average Bonchev–Trinajstić information content (AvgIpc) is 3.23. The van der Waals surface area contributed by atoms with Gasteiger partial charge in [0.2, 0.25) is 5.91 Å². The van der Waals surface area contributed by atoms with Gasteiger partial charge in [0.15, 0.2) is 0 Å². The Balaban J connectivity index is 1.31. The quantitative estimate of drug-likeness (QED) is 0.199. The molecule has 1 amide bonds. The minimum atomic E-state index is -0.678. The van der Waals surface area contributed by atoms with Crippen molar-refractivity contribution in [1.82, 2.24) is 0 Å². The van der Waals surface area contributed by atoms with Crippen LogP contribution in [-0.2, 0) is 9.63 Å². The van der Waals surface area contributed by atoms with Crippen LogP contribution in [-0.4, -0.2) is 17.6 Å². The number of nitrogens with one attached hydrogen (secondary N) is 1. The van der Waals surface area contributed by atoms with E-state index in [1.165, 1.54) is 0 Å². The number of fused-ring (bicyclic) bond motifs is 2. The van der Waals surface area contributed by atoms with E-state index in [-0.39, 0.29) is 16.9 Å². The Morgan fingerprint density at radius 1 is 0.842 bits per heavy atom. The van der Waals surface area contributed by atoms with Crippen molar-refractivity contribution in [2.45, 2.75) is 40.0 Å². The van der Waals surface area contributed by atoms with Crippen LogP contribution in [0.5, 0.6) is 0 Å². The number of nitrogens with zero attached hydrogens (tertiary/aromatic N) is 3. The molecule has 3 aromatic rings. The first-order valence-corrected chi connectivity index (χ1v) is 13.0. The van der Waals surface area contributed by atoms with Crippen molar-refractivity contribution in [2.75, 3.05) is 5.32 Å². The molecule has 2 fully saturated rings. The number of rotatable bonds is 6. The minimum Gasteiger partial charge on any atom is -0.326 e. The van der Waals surface area contributed by atoms with E-state index in [0.29, 0.717) is 22.8 Å². The summed E-state index contributed by atoms with van der Waals surface area (Å²) in [6.07, 6.45) is 1.92. The van der Waals surface area contributed by atoms with Crippen molar-refractivity contribution in [3.8, 4) is 0 Å². The predicted molar refractivity (Wildman–Crippen MR) is 148 cm³/mol. The fourth-order valence-corrected chi connectivity index (χ4v) is 5.98. The maximum absolute atomic E-state index is 13.8. The Morgan fingerprint density at radius 2 is 1.47 bits per heavy atom. The van der Waals surface area contributed by atoms with Gasteiger partial charge in [0.25, 0.3) is 0 Å². The summed E-state index contributed by atoms with van der Waals surface area (Å²) in [5.74, 6) is -0.678. The molecule has 0 spiro atoms. The van der Waals surface area contributed by atoms with E-state index in [1.807, 2.05) is 54.6 Å². The molecule has 194 valence electrons. The van der Waals surface area contributed by atoms with Crippen molar-refractivity contribution in [2.24, 2.45) is 31.6 Å². The number of oxime groups is 1. The smallest absolute Gasteiger partial charge is 0.326 e. The molecule has 2 aliphatic carbocycles. The maximum atomic E-state index is 13.8. The fourth-order valence-electron chi connectivity index (χ4n) is 5.77. The van der Waals surface area contributed by atoms with Gasteiger partial charge in [0.05, 0.1) is 33.1 Å². The van der Waals surface area contributed by atoms with Gasteiger partial charge in [-0.05, 0) is 66.8 Å². The lowest BCUT2D eigenvalue weighted by Crippen LogP contribution is -2.43. The number of halogens is 1. The van der Waals surface area contributed by atoms with Crippen molar-refractivity contribution in [3.63, 3.8) is 0 Å². The lowest BCUT2D eigenvalue weighted by atomic mass is 9.64. The molecule has 2 aliphatic rings. The lowest BCUT2D eigenvalue weighted by Gasteiger charge is -2.39. The Bertz CT molecular complexity index is 1440. The first kappa shape index (κ1) is 25.8. The second-order valence-electron chi connectivity index (χ2n) is 10.6. The van der Waals surface area contributed by atoms with Crippen LogP contribution in [0.25, 0.3) is 0 Å². The number of amides is 1. The lowest BCUT2D eigenvalue weighted by molar-refractivity contribution is -0.130. The van der Waals surface area contributed by atoms with Gasteiger partial charge in [0, 0.05) is 17.5 Å². The van der Waals surface area contributed by atoms with Gasteiger partial charge in [-0.25, -0.2) is 4.79 Å². The second-order valence-corrected chi connectivity index (χ2v) is 11.1. The van der Waals surface area contributed by atoms with Crippen molar-refractivity contribution in [3.05, 3.63) is 89.4 Å². The van der Waals surface area contributed by atoms with Crippen LogP contribution in [0.2, 0.25) is 5.02 Å². The molecule has 0 aliphatic heterocycles. The van der Waals surface area contributed by atoms with Gasteiger partial charge >= 0.3 is 5.97 Å². The molecular weight excluding hydrogens is 500 g/mol. The van der Waals surface area contributed by atoms with Crippen LogP contribution < -0.4 is 5.32 Å². The third kappa shape index (κ3) is 4.31. The van der Waals surface area contributed by atoms with Crippen LogP contribution in [0.3, 0.4) is 0 Å².